The molecule has 2 aliphatic heterocycles. The maximum atomic E-state index is 13.9. The Labute approximate surface area is 274 Å². The lowest BCUT2D eigenvalue weighted by Crippen LogP contribution is -2.44. The third-order valence-electron chi connectivity index (χ3n) is 9.01. The zero-order valence-electron chi connectivity index (χ0n) is 27.5. The normalized spacial score (nSPS) is 19.3. The molecular formula is C38H50N2O6. The van der Waals surface area contributed by atoms with Crippen molar-refractivity contribution in [3.05, 3.63) is 83.9 Å². The molecule has 2 aliphatic rings. The predicted octanol–water partition coefficient (Wildman–Crippen LogP) is 6.62. The molecule has 8 heteroatoms. The van der Waals surface area contributed by atoms with Gasteiger partial charge in [0, 0.05) is 13.1 Å². The molecule has 4 atom stereocenters. The molecule has 2 amide bonds. The van der Waals surface area contributed by atoms with E-state index in [1.54, 1.807) is 9.80 Å². The van der Waals surface area contributed by atoms with Gasteiger partial charge in [-0.25, -0.2) is 9.59 Å². The lowest BCUT2D eigenvalue weighted by atomic mass is 9.94. The Hall–Kier alpha value is -3.94. The minimum absolute atomic E-state index is 0.0888. The molecule has 248 valence electrons. The van der Waals surface area contributed by atoms with E-state index in [0.29, 0.717) is 38.8 Å². The number of rotatable bonds is 16. The minimum Gasteiger partial charge on any atom is -0.459 e. The number of ether oxygens (including phenoxy) is 2. The first-order chi connectivity index (χ1) is 22.4. The number of nitrogens with zero attached hydrogens (tertiary/aromatic N) is 2. The van der Waals surface area contributed by atoms with Gasteiger partial charge in [0.15, 0.2) is 0 Å². The molecule has 8 nitrogen and oxygen atoms in total. The van der Waals surface area contributed by atoms with Crippen LogP contribution in [0.3, 0.4) is 0 Å². The van der Waals surface area contributed by atoms with Gasteiger partial charge < -0.3 is 19.3 Å². The van der Waals surface area contributed by atoms with E-state index < -0.39 is 23.9 Å². The quantitative estimate of drug-likeness (QED) is 0.153. The molecule has 0 radical (unpaired) electrons. The number of amides is 2. The summed E-state index contributed by atoms with van der Waals surface area (Å²) in [6, 6.07) is 17.9. The van der Waals surface area contributed by atoms with Crippen LogP contribution in [0.2, 0.25) is 0 Å². The maximum absolute atomic E-state index is 13.9. The number of benzene rings is 2. The van der Waals surface area contributed by atoms with Crippen LogP contribution in [0, 0.1) is 11.8 Å². The highest BCUT2D eigenvalue weighted by Crippen LogP contribution is 2.27. The van der Waals surface area contributed by atoms with Gasteiger partial charge in [0.1, 0.15) is 25.3 Å². The number of carbonyl (C=O) groups is 4. The fourth-order valence-electron chi connectivity index (χ4n) is 6.35. The summed E-state index contributed by atoms with van der Waals surface area (Å²) in [5.41, 5.74) is 1.81. The van der Waals surface area contributed by atoms with Crippen LogP contribution < -0.4 is 0 Å². The first-order valence-corrected chi connectivity index (χ1v) is 17.1. The Kier molecular flexibility index (Phi) is 13.9. The van der Waals surface area contributed by atoms with Crippen molar-refractivity contribution in [3.63, 3.8) is 0 Å². The molecule has 0 bridgehead atoms. The summed E-state index contributed by atoms with van der Waals surface area (Å²) in [5.74, 6) is -1.80. The van der Waals surface area contributed by atoms with E-state index in [1.165, 1.54) is 0 Å². The molecule has 46 heavy (non-hydrogen) atoms. The predicted molar refractivity (Wildman–Crippen MR) is 177 cm³/mol. The van der Waals surface area contributed by atoms with Gasteiger partial charge in [-0.3, -0.25) is 9.59 Å². The SMILES string of the molecule is CCCCC(C=CC(CCCC)C(=O)N1CCC[C@@H]1C(=O)OCc1ccccc1)C(=O)N1CCC[C@@H]1C(=O)OCc1ccccc1. The highest BCUT2D eigenvalue weighted by molar-refractivity contribution is 5.89. The van der Waals surface area contributed by atoms with Crippen molar-refractivity contribution in [2.45, 2.75) is 103 Å². The summed E-state index contributed by atoms with van der Waals surface area (Å²) in [4.78, 5) is 57.4. The Bertz CT molecular complexity index is 1200. The van der Waals surface area contributed by atoms with Crippen molar-refractivity contribution in [2.24, 2.45) is 11.8 Å². The van der Waals surface area contributed by atoms with Gasteiger partial charge in [-0.15, -0.1) is 0 Å². The molecule has 0 N–H and O–H groups in total. The van der Waals surface area contributed by atoms with Crippen molar-refractivity contribution in [1.82, 2.24) is 9.80 Å². The number of likely N-dealkylation sites (tertiary alicyclic amines) is 2. The van der Waals surface area contributed by atoms with Crippen LogP contribution in [0.5, 0.6) is 0 Å². The van der Waals surface area contributed by atoms with Crippen LogP contribution in [0.25, 0.3) is 0 Å². The molecule has 2 unspecified atom stereocenters. The molecular weight excluding hydrogens is 580 g/mol. The molecule has 2 aromatic carbocycles. The Morgan fingerprint density at radius 3 is 1.43 bits per heavy atom. The van der Waals surface area contributed by atoms with Crippen molar-refractivity contribution >= 4 is 23.8 Å². The first-order valence-electron chi connectivity index (χ1n) is 17.1. The minimum atomic E-state index is -0.599. The second-order valence-corrected chi connectivity index (χ2v) is 12.4. The fourth-order valence-corrected chi connectivity index (χ4v) is 6.35. The molecule has 2 aromatic rings. The fraction of sp³-hybridized carbons (Fsp3) is 0.526. The standard InChI is InChI=1S/C38H50N2O6/c1-3-5-19-31(35(41)39-25-13-21-33(39)37(43)45-27-29-15-9-7-10-16-29)23-24-32(20-6-4-2)36(42)40-26-14-22-34(40)38(44)46-28-30-17-11-8-12-18-30/h7-12,15-18,23-24,31-34H,3-6,13-14,19-22,25-28H2,1-2H3/t31?,32?,33-,34-/m1/s1. The third kappa shape index (κ3) is 9.78. The molecule has 0 aliphatic carbocycles. The summed E-state index contributed by atoms with van der Waals surface area (Å²) in [6.45, 7) is 5.55. The van der Waals surface area contributed by atoms with Gasteiger partial charge in [0.25, 0.3) is 0 Å². The van der Waals surface area contributed by atoms with E-state index in [0.717, 1.165) is 49.7 Å². The number of carbonyl (C=O) groups excluding carboxylic acids is 4. The number of unbranched alkanes of at least 4 members (excludes halogenated alkanes) is 2. The number of hydrogen-bond acceptors (Lipinski definition) is 6. The average molecular weight is 631 g/mol. The highest BCUT2D eigenvalue weighted by atomic mass is 16.5. The second kappa shape index (κ2) is 18.3. The molecule has 0 saturated carbocycles. The van der Waals surface area contributed by atoms with Gasteiger partial charge in [-0.2, -0.15) is 0 Å². The first kappa shape index (κ1) is 34.9. The van der Waals surface area contributed by atoms with E-state index in [-0.39, 0.29) is 37.0 Å². The second-order valence-electron chi connectivity index (χ2n) is 12.4. The molecule has 0 aromatic heterocycles. The van der Waals surface area contributed by atoms with Crippen LogP contribution in [-0.4, -0.2) is 58.7 Å². The summed E-state index contributed by atoms with van der Waals surface area (Å²) in [6.07, 6.45) is 11.3. The molecule has 4 rings (SSSR count). The number of hydrogen-bond donors (Lipinski definition) is 0. The third-order valence-corrected chi connectivity index (χ3v) is 9.01. The van der Waals surface area contributed by atoms with Crippen molar-refractivity contribution in [2.75, 3.05) is 13.1 Å². The topological polar surface area (TPSA) is 93.2 Å². The van der Waals surface area contributed by atoms with E-state index in [9.17, 15) is 19.2 Å². The van der Waals surface area contributed by atoms with Gasteiger partial charge in [0.2, 0.25) is 11.8 Å². The van der Waals surface area contributed by atoms with Gasteiger partial charge in [-0.05, 0) is 49.7 Å². The van der Waals surface area contributed by atoms with Gasteiger partial charge >= 0.3 is 11.9 Å². The Balaban J connectivity index is 1.43. The van der Waals surface area contributed by atoms with Crippen LogP contribution in [0.15, 0.2) is 72.8 Å². The maximum Gasteiger partial charge on any atom is 0.329 e. The summed E-state index contributed by atoms with van der Waals surface area (Å²) >= 11 is 0. The van der Waals surface area contributed by atoms with Crippen molar-refractivity contribution in [1.29, 1.82) is 0 Å². The average Bonchev–Trinajstić information content (AvgIpc) is 3.79. The van der Waals surface area contributed by atoms with E-state index in [4.69, 9.17) is 9.47 Å². The molecule has 2 fully saturated rings. The van der Waals surface area contributed by atoms with Crippen molar-refractivity contribution in [3.8, 4) is 0 Å². The van der Waals surface area contributed by atoms with Crippen molar-refractivity contribution < 1.29 is 28.7 Å². The van der Waals surface area contributed by atoms with Crippen LogP contribution in [-0.2, 0) is 41.9 Å². The van der Waals surface area contributed by atoms with Crippen LogP contribution in [0.4, 0.5) is 0 Å². The highest BCUT2D eigenvalue weighted by Gasteiger charge is 2.39. The van der Waals surface area contributed by atoms with Crippen LogP contribution >= 0.6 is 0 Å². The molecule has 2 saturated heterocycles. The van der Waals surface area contributed by atoms with E-state index >= 15 is 0 Å². The van der Waals surface area contributed by atoms with E-state index in [1.807, 2.05) is 72.8 Å². The summed E-state index contributed by atoms with van der Waals surface area (Å²) < 4.78 is 11.2. The monoisotopic (exact) mass is 630 g/mol. The lowest BCUT2D eigenvalue weighted by Gasteiger charge is -2.28. The Morgan fingerprint density at radius 1 is 0.674 bits per heavy atom. The zero-order valence-corrected chi connectivity index (χ0v) is 27.5. The Morgan fingerprint density at radius 2 is 1.07 bits per heavy atom. The zero-order chi connectivity index (χ0) is 32.7. The lowest BCUT2D eigenvalue weighted by molar-refractivity contribution is -0.155. The smallest absolute Gasteiger partial charge is 0.329 e. The largest absolute Gasteiger partial charge is 0.459 e. The van der Waals surface area contributed by atoms with E-state index in [2.05, 4.69) is 13.8 Å². The molecule has 0 spiro atoms. The van der Waals surface area contributed by atoms with Crippen LogP contribution in [0.1, 0.15) is 89.2 Å². The summed E-state index contributed by atoms with van der Waals surface area (Å²) in [5, 5.41) is 0. The van der Waals surface area contributed by atoms with Gasteiger partial charge in [-0.1, -0.05) is 112 Å². The van der Waals surface area contributed by atoms with Gasteiger partial charge in [0.05, 0.1) is 11.8 Å². The summed E-state index contributed by atoms with van der Waals surface area (Å²) in [7, 11) is 0. The molecule has 2 heterocycles. The number of esters is 2.